The van der Waals surface area contributed by atoms with E-state index in [1.807, 2.05) is 6.07 Å². The fourth-order valence-electron chi connectivity index (χ4n) is 3.08. The minimum atomic E-state index is -0.428. The van der Waals surface area contributed by atoms with Crippen LogP contribution in [0.2, 0.25) is 0 Å². The highest BCUT2D eigenvalue weighted by Crippen LogP contribution is 2.14. The molecule has 0 unspecified atom stereocenters. The molecule has 0 atom stereocenters. The van der Waals surface area contributed by atoms with Crippen LogP contribution < -0.4 is 5.32 Å². The number of amides is 1. The molecule has 0 spiro atoms. The predicted octanol–water partition coefficient (Wildman–Crippen LogP) is 4.62. The Hall–Kier alpha value is -4.50. The van der Waals surface area contributed by atoms with E-state index < -0.39 is 5.91 Å². The molecular weight excluding hydrogens is 405 g/mol. The van der Waals surface area contributed by atoms with E-state index in [-0.39, 0.29) is 18.0 Å². The van der Waals surface area contributed by atoms with Crippen molar-refractivity contribution in [1.82, 2.24) is 9.55 Å². The number of ketones is 1. The number of nitrogens with zero attached hydrogens (tertiary/aromatic N) is 2. The van der Waals surface area contributed by atoms with Crippen LogP contribution in [0.4, 0.5) is 10.1 Å². The summed E-state index contributed by atoms with van der Waals surface area (Å²) in [5.74, 6) is 4.56. The van der Waals surface area contributed by atoms with Crippen LogP contribution in [0, 0.1) is 17.7 Å². The number of Topliss-reactive ketones (excluding diaryl/α,β-unsaturated/α-hetero) is 1. The molecule has 6 heteroatoms. The van der Waals surface area contributed by atoms with Gasteiger partial charge in [0.05, 0.1) is 18.3 Å². The Morgan fingerprint density at radius 2 is 1.81 bits per heavy atom. The van der Waals surface area contributed by atoms with Gasteiger partial charge in [0.1, 0.15) is 5.82 Å². The lowest BCUT2D eigenvalue weighted by atomic mass is 10.1. The SMILES string of the molecule is O=C(CC(=O)c1cccc(-n2ccnc2)c1)Nc1cccc(C#Cc2ccccc2F)c1. The number of carbonyl (C=O) groups excluding carboxylic acids is 2. The molecule has 0 radical (unpaired) electrons. The molecule has 0 bridgehead atoms. The monoisotopic (exact) mass is 423 g/mol. The summed E-state index contributed by atoms with van der Waals surface area (Å²) in [4.78, 5) is 29.0. The maximum atomic E-state index is 13.7. The van der Waals surface area contributed by atoms with Gasteiger partial charge in [-0.2, -0.15) is 0 Å². The van der Waals surface area contributed by atoms with Crippen molar-refractivity contribution in [2.24, 2.45) is 0 Å². The van der Waals surface area contributed by atoms with Gasteiger partial charge in [0.25, 0.3) is 0 Å². The summed E-state index contributed by atoms with van der Waals surface area (Å²) in [5, 5.41) is 2.72. The third-order valence-electron chi connectivity index (χ3n) is 4.65. The largest absolute Gasteiger partial charge is 0.326 e. The summed E-state index contributed by atoms with van der Waals surface area (Å²) in [6, 6.07) is 20.2. The van der Waals surface area contributed by atoms with Crippen molar-refractivity contribution in [3.8, 4) is 17.5 Å². The number of aromatic nitrogens is 2. The second kappa shape index (κ2) is 9.54. The molecule has 32 heavy (non-hydrogen) atoms. The predicted molar refractivity (Wildman–Crippen MR) is 120 cm³/mol. The van der Waals surface area contributed by atoms with E-state index in [1.54, 1.807) is 84.0 Å². The van der Waals surface area contributed by atoms with Crippen molar-refractivity contribution in [1.29, 1.82) is 0 Å². The summed E-state index contributed by atoms with van der Waals surface area (Å²) in [6.45, 7) is 0. The lowest BCUT2D eigenvalue weighted by molar-refractivity contribution is -0.115. The fourth-order valence-corrected chi connectivity index (χ4v) is 3.08. The van der Waals surface area contributed by atoms with E-state index in [0.29, 0.717) is 22.4 Å². The lowest BCUT2D eigenvalue weighted by Crippen LogP contribution is -2.16. The Morgan fingerprint density at radius 3 is 2.62 bits per heavy atom. The second-order valence-corrected chi connectivity index (χ2v) is 6.98. The van der Waals surface area contributed by atoms with Gasteiger partial charge in [-0.3, -0.25) is 9.59 Å². The Bertz CT molecular complexity index is 1330. The maximum absolute atomic E-state index is 13.7. The van der Waals surface area contributed by atoms with Gasteiger partial charge in [-0.1, -0.05) is 42.2 Å². The zero-order valence-electron chi connectivity index (χ0n) is 17.0. The van der Waals surface area contributed by atoms with Crippen molar-refractivity contribution in [3.05, 3.63) is 114 Å². The average molecular weight is 423 g/mol. The smallest absolute Gasteiger partial charge is 0.232 e. The zero-order chi connectivity index (χ0) is 22.3. The Morgan fingerprint density at radius 1 is 0.969 bits per heavy atom. The summed E-state index contributed by atoms with van der Waals surface area (Å²) < 4.78 is 15.5. The van der Waals surface area contributed by atoms with Crippen molar-refractivity contribution in [2.45, 2.75) is 6.42 Å². The van der Waals surface area contributed by atoms with Gasteiger partial charge in [-0.15, -0.1) is 0 Å². The number of hydrogen-bond donors (Lipinski definition) is 1. The topological polar surface area (TPSA) is 64.0 Å². The first-order valence-electron chi connectivity index (χ1n) is 9.86. The van der Waals surface area contributed by atoms with E-state index in [1.165, 1.54) is 6.07 Å². The van der Waals surface area contributed by atoms with Crippen molar-refractivity contribution >= 4 is 17.4 Å². The highest BCUT2D eigenvalue weighted by molar-refractivity contribution is 6.11. The molecular formula is C26H18FN3O2. The number of carbonyl (C=O) groups is 2. The molecule has 4 aromatic rings. The van der Waals surface area contributed by atoms with Crippen LogP contribution >= 0.6 is 0 Å². The van der Waals surface area contributed by atoms with Crippen molar-refractivity contribution in [2.75, 3.05) is 5.32 Å². The van der Waals surface area contributed by atoms with Gasteiger partial charge in [0, 0.05) is 34.9 Å². The van der Waals surface area contributed by atoms with Crippen molar-refractivity contribution in [3.63, 3.8) is 0 Å². The molecule has 3 aromatic carbocycles. The fraction of sp³-hybridized carbons (Fsp3) is 0.0385. The summed E-state index contributed by atoms with van der Waals surface area (Å²) in [6.07, 6.45) is 4.77. The summed E-state index contributed by atoms with van der Waals surface area (Å²) in [7, 11) is 0. The van der Waals surface area contributed by atoms with Gasteiger partial charge in [-0.05, 0) is 42.5 Å². The molecule has 1 heterocycles. The van der Waals surface area contributed by atoms with E-state index in [4.69, 9.17) is 0 Å². The van der Waals surface area contributed by atoms with Crippen LogP contribution in [0.15, 0.2) is 91.5 Å². The molecule has 0 fully saturated rings. The Kier molecular flexibility index (Phi) is 6.19. The number of rotatable bonds is 5. The minimum Gasteiger partial charge on any atom is -0.326 e. The van der Waals surface area contributed by atoms with Crippen LogP contribution in [-0.4, -0.2) is 21.2 Å². The number of anilines is 1. The maximum Gasteiger partial charge on any atom is 0.232 e. The molecule has 0 saturated heterocycles. The molecule has 0 saturated carbocycles. The van der Waals surface area contributed by atoms with Crippen LogP contribution in [0.5, 0.6) is 0 Å². The van der Waals surface area contributed by atoms with Gasteiger partial charge in [0.15, 0.2) is 5.78 Å². The average Bonchev–Trinajstić information content (AvgIpc) is 3.34. The van der Waals surface area contributed by atoms with Gasteiger partial charge in [0.2, 0.25) is 5.91 Å². The number of halogens is 1. The Labute approximate surface area is 184 Å². The third kappa shape index (κ3) is 5.15. The molecule has 5 nitrogen and oxygen atoms in total. The standard InChI is InChI=1S/C26H18FN3O2/c27-24-10-2-1-6-20(24)12-11-19-5-3-8-22(15-19)29-26(32)17-25(31)21-7-4-9-23(16-21)30-14-13-28-18-30/h1-10,13-16,18H,17H2,(H,29,32). The van der Waals surface area contributed by atoms with E-state index in [0.717, 1.165) is 5.69 Å². The van der Waals surface area contributed by atoms with Crippen LogP contribution in [0.25, 0.3) is 5.69 Å². The molecule has 0 aliphatic carbocycles. The first-order chi connectivity index (χ1) is 15.6. The second-order valence-electron chi connectivity index (χ2n) is 6.98. The first kappa shape index (κ1) is 20.8. The van der Waals surface area contributed by atoms with E-state index in [2.05, 4.69) is 22.1 Å². The Balaban J connectivity index is 1.42. The number of imidazole rings is 1. The lowest BCUT2D eigenvalue weighted by Gasteiger charge is -2.07. The number of nitrogens with one attached hydrogen (secondary N) is 1. The molecule has 4 rings (SSSR count). The molecule has 1 aromatic heterocycles. The molecule has 156 valence electrons. The van der Waals surface area contributed by atoms with Crippen molar-refractivity contribution < 1.29 is 14.0 Å². The molecule has 1 N–H and O–H groups in total. The quantitative estimate of drug-likeness (QED) is 0.289. The van der Waals surface area contributed by atoms with E-state index in [9.17, 15) is 14.0 Å². The third-order valence-corrected chi connectivity index (χ3v) is 4.65. The summed E-state index contributed by atoms with van der Waals surface area (Å²) >= 11 is 0. The highest BCUT2D eigenvalue weighted by Gasteiger charge is 2.13. The van der Waals surface area contributed by atoms with Gasteiger partial charge >= 0.3 is 0 Å². The molecule has 0 aliphatic rings. The van der Waals surface area contributed by atoms with Crippen LogP contribution in [0.3, 0.4) is 0 Å². The normalized spacial score (nSPS) is 10.2. The van der Waals surface area contributed by atoms with Gasteiger partial charge < -0.3 is 9.88 Å². The summed E-state index contributed by atoms with van der Waals surface area (Å²) in [5.41, 5.74) is 2.65. The highest BCUT2D eigenvalue weighted by atomic mass is 19.1. The first-order valence-corrected chi connectivity index (χ1v) is 9.86. The number of hydrogen-bond acceptors (Lipinski definition) is 3. The molecule has 0 aliphatic heterocycles. The van der Waals surface area contributed by atoms with Crippen LogP contribution in [-0.2, 0) is 4.79 Å². The minimum absolute atomic E-state index is 0.292. The molecule has 1 amide bonds. The number of benzene rings is 3. The van der Waals surface area contributed by atoms with Crippen LogP contribution in [0.1, 0.15) is 27.9 Å². The van der Waals surface area contributed by atoms with E-state index >= 15 is 0 Å². The van der Waals surface area contributed by atoms with Gasteiger partial charge in [-0.25, -0.2) is 9.37 Å². The zero-order valence-corrected chi connectivity index (χ0v) is 17.0.